The summed E-state index contributed by atoms with van der Waals surface area (Å²) in [5.74, 6) is -0.205. The third kappa shape index (κ3) is 2.59. The number of amides is 1. The molecule has 0 aliphatic carbocycles. The molecule has 17 heavy (non-hydrogen) atoms. The second-order valence-electron chi connectivity index (χ2n) is 3.11. The maximum Gasteiger partial charge on any atom is 0.289 e. The van der Waals surface area contributed by atoms with Gasteiger partial charge in [-0.2, -0.15) is 0 Å². The van der Waals surface area contributed by atoms with Crippen LogP contribution in [0.5, 0.6) is 0 Å². The van der Waals surface area contributed by atoms with Gasteiger partial charge in [-0.3, -0.25) is 9.78 Å². The molecule has 2 aromatic heterocycles. The lowest BCUT2D eigenvalue weighted by Crippen LogP contribution is -2.30. The van der Waals surface area contributed by atoms with Gasteiger partial charge in [-0.25, -0.2) is 0 Å². The number of carbonyl (C=O) groups excluding carboxylic acids is 1. The van der Waals surface area contributed by atoms with Crippen LogP contribution >= 0.6 is 22.9 Å². The number of halogens is 1. The molecule has 7 heteroatoms. The van der Waals surface area contributed by atoms with Gasteiger partial charge in [0.1, 0.15) is 0 Å². The van der Waals surface area contributed by atoms with Crippen LogP contribution in [-0.2, 0) is 0 Å². The fourth-order valence-electron chi connectivity index (χ4n) is 1.37. The number of carbonyl (C=O) groups is 1. The van der Waals surface area contributed by atoms with E-state index in [4.69, 9.17) is 11.6 Å². The smallest absolute Gasteiger partial charge is 0.289 e. The number of rotatable bonds is 3. The fraction of sp³-hybridized carbons (Fsp3) is 0.200. The minimum absolute atomic E-state index is 0.205. The first-order chi connectivity index (χ1) is 8.22. The highest BCUT2D eigenvalue weighted by Crippen LogP contribution is 2.20. The summed E-state index contributed by atoms with van der Waals surface area (Å²) in [7, 11) is 0. The molecule has 2 rings (SSSR count). The van der Waals surface area contributed by atoms with Crippen LogP contribution < -0.4 is 4.90 Å². The molecule has 0 saturated heterocycles. The Balaban J connectivity index is 2.28. The van der Waals surface area contributed by atoms with Gasteiger partial charge in [0.25, 0.3) is 5.91 Å². The molecule has 0 unspecified atom stereocenters. The summed E-state index contributed by atoms with van der Waals surface area (Å²) in [4.78, 5) is 17.7. The summed E-state index contributed by atoms with van der Waals surface area (Å²) in [6, 6.07) is 3.54. The van der Waals surface area contributed by atoms with E-state index < -0.39 is 0 Å². The summed E-state index contributed by atoms with van der Waals surface area (Å²) in [5, 5.41) is 7.65. The van der Waals surface area contributed by atoms with E-state index in [0.29, 0.717) is 6.54 Å². The minimum atomic E-state index is -0.205. The molecule has 1 amide bonds. The molecule has 0 atom stereocenters. The Labute approximate surface area is 107 Å². The molecular weight excluding hydrogens is 260 g/mol. The summed E-state index contributed by atoms with van der Waals surface area (Å²) < 4.78 is 0.263. The lowest BCUT2D eigenvalue weighted by atomic mass is 10.3. The molecule has 0 aromatic carbocycles. The molecular formula is C10H9ClN4OS. The van der Waals surface area contributed by atoms with Crippen LogP contribution in [0.25, 0.3) is 0 Å². The van der Waals surface area contributed by atoms with Gasteiger partial charge in [-0.1, -0.05) is 11.3 Å². The topological polar surface area (TPSA) is 59.0 Å². The molecule has 2 aromatic rings. The molecule has 0 N–H and O–H groups in total. The zero-order valence-corrected chi connectivity index (χ0v) is 10.6. The van der Waals surface area contributed by atoms with Crippen LogP contribution in [0.2, 0.25) is 4.47 Å². The second kappa shape index (κ2) is 5.20. The number of pyridine rings is 1. The van der Waals surface area contributed by atoms with Gasteiger partial charge in [-0.15, -0.1) is 10.2 Å². The molecule has 5 nitrogen and oxygen atoms in total. The van der Waals surface area contributed by atoms with Crippen LogP contribution in [0.1, 0.15) is 16.7 Å². The lowest BCUT2D eigenvalue weighted by Gasteiger charge is -2.18. The van der Waals surface area contributed by atoms with E-state index >= 15 is 0 Å². The molecule has 0 spiro atoms. The van der Waals surface area contributed by atoms with Crippen molar-refractivity contribution in [2.75, 3.05) is 11.4 Å². The van der Waals surface area contributed by atoms with E-state index in [1.54, 1.807) is 29.4 Å². The Morgan fingerprint density at radius 2 is 2.12 bits per heavy atom. The Morgan fingerprint density at radius 3 is 2.65 bits per heavy atom. The van der Waals surface area contributed by atoms with Crippen molar-refractivity contribution in [1.82, 2.24) is 15.2 Å². The molecule has 0 aliphatic rings. The number of nitrogens with zero attached hydrogens (tertiary/aromatic N) is 4. The van der Waals surface area contributed by atoms with E-state index in [-0.39, 0.29) is 15.4 Å². The monoisotopic (exact) mass is 268 g/mol. The minimum Gasteiger partial charge on any atom is -0.306 e. The Morgan fingerprint density at radius 1 is 1.41 bits per heavy atom. The van der Waals surface area contributed by atoms with Crippen LogP contribution in [0.3, 0.4) is 0 Å². The quantitative estimate of drug-likeness (QED) is 0.857. The van der Waals surface area contributed by atoms with Crippen molar-refractivity contribution in [3.05, 3.63) is 34.0 Å². The van der Waals surface area contributed by atoms with Crippen LogP contribution in [0, 0.1) is 0 Å². The van der Waals surface area contributed by atoms with Gasteiger partial charge in [0.05, 0.1) is 0 Å². The molecule has 0 bridgehead atoms. The van der Waals surface area contributed by atoms with E-state index in [9.17, 15) is 4.79 Å². The van der Waals surface area contributed by atoms with Gasteiger partial charge in [0.15, 0.2) is 0 Å². The van der Waals surface area contributed by atoms with Gasteiger partial charge in [-0.05, 0) is 30.7 Å². The van der Waals surface area contributed by atoms with Crippen molar-refractivity contribution >= 4 is 34.5 Å². The molecule has 88 valence electrons. The number of hydrogen-bond acceptors (Lipinski definition) is 5. The highest BCUT2D eigenvalue weighted by atomic mass is 35.5. The summed E-state index contributed by atoms with van der Waals surface area (Å²) in [6.07, 6.45) is 3.27. The van der Waals surface area contributed by atoms with Crippen LogP contribution in [-0.4, -0.2) is 27.6 Å². The van der Waals surface area contributed by atoms with Crippen molar-refractivity contribution in [3.8, 4) is 0 Å². The highest BCUT2D eigenvalue weighted by molar-refractivity contribution is 7.17. The van der Waals surface area contributed by atoms with Crippen molar-refractivity contribution < 1.29 is 4.79 Å². The summed E-state index contributed by atoms with van der Waals surface area (Å²) in [6.45, 7) is 2.43. The average molecular weight is 269 g/mol. The third-order valence-electron chi connectivity index (χ3n) is 2.12. The molecule has 0 fully saturated rings. The van der Waals surface area contributed by atoms with Crippen molar-refractivity contribution in [2.24, 2.45) is 0 Å². The Bertz CT molecular complexity index is 516. The Kier molecular flexibility index (Phi) is 3.65. The normalized spacial score (nSPS) is 10.2. The van der Waals surface area contributed by atoms with Gasteiger partial charge >= 0.3 is 0 Å². The third-order valence-corrected chi connectivity index (χ3v) is 3.13. The molecule has 2 heterocycles. The molecule has 0 radical (unpaired) electrons. The zero-order valence-electron chi connectivity index (χ0n) is 9.00. The van der Waals surface area contributed by atoms with E-state index in [1.807, 2.05) is 6.92 Å². The number of aromatic nitrogens is 3. The lowest BCUT2D eigenvalue weighted by molar-refractivity contribution is 0.0987. The van der Waals surface area contributed by atoms with Crippen molar-refractivity contribution in [2.45, 2.75) is 6.92 Å². The molecule has 0 aliphatic heterocycles. The fourth-order valence-corrected chi connectivity index (χ4v) is 2.15. The predicted octanol–water partition coefficient (Wildman–Crippen LogP) is 2.25. The van der Waals surface area contributed by atoms with Crippen molar-refractivity contribution in [1.29, 1.82) is 0 Å². The van der Waals surface area contributed by atoms with Crippen LogP contribution in [0.4, 0.5) is 5.69 Å². The largest absolute Gasteiger partial charge is 0.306 e. The number of hydrogen-bond donors (Lipinski definition) is 0. The summed E-state index contributed by atoms with van der Waals surface area (Å²) in [5.41, 5.74) is 0.777. The van der Waals surface area contributed by atoms with Crippen molar-refractivity contribution in [3.63, 3.8) is 0 Å². The zero-order chi connectivity index (χ0) is 12.3. The first kappa shape index (κ1) is 11.9. The Hall–Kier alpha value is -1.53. The van der Waals surface area contributed by atoms with E-state index in [2.05, 4.69) is 15.2 Å². The van der Waals surface area contributed by atoms with Gasteiger partial charge in [0, 0.05) is 24.6 Å². The standard InChI is InChI=1S/C10H9ClN4OS/c1-2-15(7-3-5-12-6-4-7)9(16)8-13-14-10(11)17-8/h3-6H,2H2,1H3. The SMILES string of the molecule is CCN(C(=O)c1nnc(Cl)s1)c1ccncc1. The molecule has 0 saturated carbocycles. The first-order valence-electron chi connectivity index (χ1n) is 4.93. The number of anilines is 1. The van der Waals surface area contributed by atoms with Gasteiger partial charge < -0.3 is 4.90 Å². The van der Waals surface area contributed by atoms with Gasteiger partial charge in [0.2, 0.25) is 9.47 Å². The highest BCUT2D eigenvalue weighted by Gasteiger charge is 2.19. The summed E-state index contributed by atoms with van der Waals surface area (Å²) >= 11 is 6.73. The van der Waals surface area contributed by atoms with E-state index in [0.717, 1.165) is 17.0 Å². The first-order valence-corrected chi connectivity index (χ1v) is 6.12. The second-order valence-corrected chi connectivity index (χ2v) is 4.67. The van der Waals surface area contributed by atoms with E-state index in [1.165, 1.54) is 0 Å². The average Bonchev–Trinajstić information content (AvgIpc) is 2.78. The maximum absolute atomic E-state index is 12.1. The predicted molar refractivity (Wildman–Crippen MR) is 66.5 cm³/mol. The van der Waals surface area contributed by atoms with Crippen LogP contribution in [0.15, 0.2) is 24.5 Å². The maximum atomic E-state index is 12.1.